The summed E-state index contributed by atoms with van der Waals surface area (Å²) in [5.74, 6) is 1.67. The number of hydrogen-bond acceptors (Lipinski definition) is 8. The third-order valence-electron chi connectivity index (χ3n) is 7.42. The van der Waals surface area contributed by atoms with Crippen LogP contribution in [0, 0.1) is 6.92 Å². The van der Waals surface area contributed by atoms with Gasteiger partial charge in [0.25, 0.3) is 0 Å². The number of nitrogens with zero attached hydrogens (tertiary/aromatic N) is 5. The van der Waals surface area contributed by atoms with Crippen molar-refractivity contribution in [3.63, 3.8) is 0 Å². The van der Waals surface area contributed by atoms with Gasteiger partial charge in [-0.2, -0.15) is 10.1 Å². The Balaban J connectivity index is 1.24. The van der Waals surface area contributed by atoms with Crippen LogP contribution >= 0.6 is 11.3 Å². The second-order valence-electron chi connectivity index (χ2n) is 9.66. The van der Waals surface area contributed by atoms with E-state index in [0.717, 1.165) is 54.8 Å². The van der Waals surface area contributed by atoms with Gasteiger partial charge < -0.3 is 15.4 Å². The summed E-state index contributed by atoms with van der Waals surface area (Å²) >= 11 is 1.85. The Morgan fingerprint density at radius 2 is 1.91 bits per heavy atom. The van der Waals surface area contributed by atoms with Crippen LogP contribution in [0.3, 0.4) is 0 Å². The second kappa shape index (κ2) is 8.85. The number of aromatic nitrogens is 4. The van der Waals surface area contributed by atoms with Crippen molar-refractivity contribution < 1.29 is 4.74 Å². The highest BCUT2D eigenvalue weighted by Gasteiger charge is 2.29. The third kappa shape index (κ3) is 4.22. The van der Waals surface area contributed by atoms with Gasteiger partial charge in [0.05, 0.1) is 30.0 Å². The van der Waals surface area contributed by atoms with Gasteiger partial charge in [-0.1, -0.05) is 0 Å². The molecule has 0 bridgehead atoms. The fourth-order valence-electron chi connectivity index (χ4n) is 5.72. The molecule has 1 saturated carbocycles. The predicted octanol–water partition coefficient (Wildman–Crippen LogP) is 4.02. The molecular weight excluding hydrogens is 434 g/mol. The zero-order valence-electron chi connectivity index (χ0n) is 19.6. The number of ether oxygens (including phenoxy) is 1. The maximum atomic E-state index is 5.54. The lowest BCUT2D eigenvalue weighted by atomic mass is 9.90. The first kappa shape index (κ1) is 21.3. The van der Waals surface area contributed by atoms with Gasteiger partial charge in [0.1, 0.15) is 10.6 Å². The molecule has 2 N–H and O–H groups in total. The topological polar surface area (TPSA) is 80.1 Å². The SMILES string of the molecule is Cc1nn(C)cc1Nc1nc(NC2CCC(N3CCOCC3)CC2)c2c3c(sc2n1)CCC3. The molecule has 8 nitrogen and oxygen atoms in total. The van der Waals surface area contributed by atoms with Crippen LogP contribution in [0.4, 0.5) is 17.5 Å². The lowest BCUT2D eigenvalue weighted by Gasteiger charge is -2.39. The van der Waals surface area contributed by atoms with E-state index in [1.807, 2.05) is 36.2 Å². The molecule has 176 valence electrons. The summed E-state index contributed by atoms with van der Waals surface area (Å²) in [5.41, 5.74) is 3.38. The Morgan fingerprint density at radius 3 is 2.67 bits per heavy atom. The summed E-state index contributed by atoms with van der Waals surface area (Å²) in [6.45, 7) is 5.93. The molecule has 2 fully saturated rings. The van der Waals surface area contributed by atoms with Gasteiger partial charge in [-0.25, -0.2) is 4.98 Å². The van der Waals surface area contributed by atoms with E-state index in [1.165, 1.54) is 54.4 Å². The highest BCUT2D eigenvalue weighted by atomic mass is 32.1. The molecule has 9 heteroatoms. The van der Waals surface area contributed by atoms with Crippen LogP contribution in [0.25, 0.3) is 10.2 Å². The normalized spacial score (nSPS) is 23.7. The van der Waals surface area contributed by atoms with Crippen molar-refractivity contribution >= 4 is 39.0 Å². The van der Waals surface area contributed by atoms with Gasteiger partial charge in [-0.3, -0.25) is 9.58 Å². The van der Waals surface area contributed by atoms with E-state index in [4.69, 9.17) is 14.7 Å². The molecular formula is C24H33N7OS. The molecule has 3 aromatic heterocycles. The summed E-state index contributed by atoms with van der Waals surface area (Å²) in [7, 11) is 1.94. The molecule has 0 aromatic carbocycles. The Bertz CT molecular complexity index is 1140. The first-order valence-electron chi connectivity index (χ1n) is 12.3. The van der Waals surface area contributed by atoms with Crippen molar-refractivity contribution in [3.05, 3.63) is 22.3 Å². The molecule has 1 saturated heterocycles. The van der Waals surface area contributed by atoms with Crippen molar-refractivity contribution in [3.8, 4) is 0 Å². The number of rotatable bonds is 5. The zero-order chi connectivity index (χ0) is 22.4. The maximum absolute atomic E-state index is 5.54. The molecule has 4 heterocycles. The summed E-state index contributed by atoms with van der Waals surface area (Å²) in [6, 6.07) is 1.17. The first-order valence-corrected chi connectivity index (χ1v) is 13.1. The molecule has 2 aliphatic carbocycles. The van der Waals surface area contributed by atoms with Crippen molar-refractivity contribution in [1.82, 2.24) is 24.6 Å². The monoisotopic (exact) mass is 467 g/mol. The van der Waals surface area contributed by atoms with Gasteiger partial charge in [-0.05, 0) is 57.4 Å². The van der Waals surface area contributed by atoms with Crippen LogP contribution < -0.4 is 10.6 Å². The van der Waals surface area contributed by atoms with Crippen molar-refractivity contribution in [2.24, 2.45) is 7.05 Å². The van der Waals surface area contributed by atoms with Gasteiger partial charge in [0.2, 0.25) is 5.95 Å². The minimum absolute atomic E-state index is 0.463. The maximum Gasteiger partial charge on any atom is 0.230 e. The first-order chi connectivity index (χ1) is 16.1. The standard InChI is InChI=1S/C24H33N7OS/c1-15-19(14-30(2)29-15)26-24-27-22(21-18-4-3-5-20(18)33-23(21)28-24)25-16-6-8-17(9-7-16)31-10-12-32-13-11-31/h14,16-17H,3-13H2,1-2H3,(H2,25,26,27,28). The lowest BCUT2D eigenvalue weighted by Crippen LogP contribution is -2.46. The van der Waals surface area contributed by atoms with Crippen LogP contribution in [0.15, 0.2) is 6.20 Å². The molecule has 3 aromatic rings. The number of fused-ring (bicyclic) bond motifs is 3. The zero-order valence-corrected chi connectivity index (χ0v) is 20.4. The van der Waals surface area contributed by atoms with Crippen LogP contribution in [0.1, 0.15) is 48.2 Å². The van der Waals surface area contributed by atoms with Crippen LogP contribution in [0.2, 0.25) is 0 Å². The Morgan fingerprint density at radius 1 is 1.09 bits per heavy atom. The highest BCUT2D eigenvalue weighted by Crippen LogP contribution is 2.41. The molecule has 33 heavy (non-hydrogen) atoms. The van der Waals surface area contributed by atoms with E-state index < -0.39 is 0 Å². The van der Waals surface area contributed by atoms with E-state index in [1.54, 1.807) is 0 Å². The van der Waals surface area contributed by atoms with E-state index in [9.17, 15) is 0 Å². The molecule has 0 unspecified atom stereocenters. The summed E-state index contributed by atoms with van der Waals surface area (Å²) in [4.78, 5) is 15.1. The molecule has 3 aliphatic rings. The van der Waals surface area contributed by atoms with Crippen molar-refractivity contribution in [1.29, 1.82) is 0 Å². The molecule has 0 radical (unpaired) electrons. The molecule has 6 rings (SSSR count). The number of hydrogen-bond donors (Lipinski definition) is 2. The van der Waals surface area contributed by atoms with Gasteiger partial charge >= 0.3 is 0 Å². The van der Waals surface area contributed by atoms with E-state index >= 15 is 0 Å². The fraction of sp³-hybridized carbons (Fsp3) is 0.625. The van der Waals surface area contributed by atoms with Crippen LogP contribution in [-0.2, 0) is 24.6 Å². The van der Waals surface area contributed by atoms with E-state index in [0.29, 0.717) is 18.0 Å². The van der Waals surface area contributed by atoms with E-state index in [2.05, 4.69) is 20.6 Å². The van der Waals surface area contributed by atoms with Gasteiger partial charge in [0, 0.05) is 43.3 Å². The Labute approximate surface area is 198 Å². The van der Waals surface area contributed by atoms with Crippen LogP contribution in [-0.4, -0.2) is 63.0 Å². The quantitative estimate of drug-likeness (QED) is 0.587. The second-order valence-corrected chi connectivity index (χ2v) is 10.7. The highest BCUT2D eigenvalue weighted by molar-refractivity contribution is 7.19. The minimum atomic E-state index is 0.463. The predicted molar refractivity (Wildman–Crippen MR) is 133 cm³/mol. The lowest BCUT2D eigenvalue weighted by molar-refractivity contribution is 0.00791. The van der Waals surface area contributed by atoms with Gasteiger partial charge in [0.15, 0.2) is 0 Å². The van der Waals surface area contributed by atoms with Crippen molar-refractivity contribution in [2.75, 3.05) is 36.9 Å². The largest absolute Gasteiger partial charge is 0.379 e. The minimum Gasteiger partial charge on any atom is -0.379 e. The van der Waals surface area contributed by atoms with Crippen LogP contribution in [0.5, 0.6) is 0 Å². The summed E-state index contributed by atoms with van der Waals surface area (Å²) in [5, 5.41) is 13.0. The number of morpholine rings is 1. The number of nitrogens with one attached hydrogen (secondary N) is 2. The molecule has 0 amide bonds. The third-order valence-corrected chi connectivity index (χ3v) is 8.61. The molecule has 0 spiro atoms. The number of thiophene rings is 1. The smallest absolute Gasteiger partial charge is 0.230 e. The summed E-state index contributed by atoms with van der Waals surface area (Å²) < 4.78 is 7.37. The fourth-order valence-corrected chi connectivity index (χ4v) is 6.98. The average molecular weight is 468 g/mol. The van der Waals surface area contributed by atoms with E-state index in [-0.39, 0.29) is 0 Å². The van der Waals surface area contributed by atoms with Gasteiger partial charge in [-0.15, -0.1) is 11.3 Å². The number of aryl methyl sites for hydroxylation is 4. The molecule has 0 atom stereocenters. The van der Waals surface area contributed by atoms with Crippen molar-refractivity contribution in [2.45, 2.75) is 64.0 Å². The molecule has 1 aliphatic heterocycles. The Kier molecular flexibility index (Phi) is 5.72. The summed E-state index contributed by atoms with van der Waals surface area (Å²) in [6.07, 6.45) is 10.4. The Hall–Kier alpha value is -2.23. The number of anilines is 3. The average Bonchev–Trinajstić information content (AvgIpc) is 3.49.